The number of hydrogen-bond donors (Lipinski definition) is 2. The lowest BCUT2D eigenvalue weighted by Gasteiger charge is -2.48. The van der Waals surface area contributed by atoms with Gasteiger partial charge < -0.3 is 24.8 Å². The number of piperidine rings is 2. The lowest BCUT2D eigenvalue weighted by Crippen LogP contribution is -2.58. The number of nitrogens with zero attached hydrogens (tertiary/aromatic N) is 1. The van der Waals surface area contributed by atoms with Crippen LogP contribution in [0.2, 0.25) is 0 Å². The lowest BCUT2D eigenvalue weighted by atomic mass is 9.81. The summed E-state index contributed by atoms with van der Waals surface area (Å²) >= 11 is 0. The topological polar surface area (TPSA) is 89.1 Å². The van der Waals surface area contributed by atoms with Crippen LogP contribution in [0, 0.1) is 13.8 Å². The van der Waals surface area contributed by atoms with Gasteiger partial charge in [-0.15, -0.1) is 0 Å². The molecule has 8 nitrogen and oxygen atoms in total. The van der Waals surface area contributed by atoms with Crippen molar-refractivity contribution in [2.45, 2.75) is 64.1 Å². The van der Waals surface area contributed by atoms with Gasteiger partial charge in [0.2, 0.25) is 11.7 Å². The summed E-state index contributed by atoms with van der Waals surface area (Å²) in [7, 11) is 4.61. The molecule has 2 atom stereocenters. The molecule has 2 aliphatic rings. The summed E-state index contributed by atoms with van der Waals surface area (Å²) in [6.07, 6.45) is 4.86. The summed E-state index contributed by atoms with van der Waals surface area (Å²) in [5, 5.41) is 6.34. The normalized spacial score (nSPS) is 21.4. The van der Waals surface area contributed by atoms with Gasteiger partial charge in [0.15, 0.2) is 11.5 Å². The SMILES string of the molecule is COc1cc(C(=O)NC2CC3CCCC(C2)N3CC(=O)Nc2c(C)cccc2C)cc(OC)c1OC. The predicted molar refractivity (Wildman–Crippen MR) is 139 cm³/mol. The Morgan fingerprint density at radius 2 is 1.53 bits per heavy atom. The van der Waals surface area contributed by atoms with Crippen molar-refractivity contribution >= 4 is 17.5 Å². The van der Waals surface area contributed by atoms with Crippen LogP contribution in [0.5, 0.6) is 17.2 Å². The van der Waals surface area contributed by atoms with E-state index < -0.39 is 0 Å². The quantitative estimate of drug-likeness (QED) is 0.574. The van der Waals surface area contributed by atoms with E-state index in [9.17, 15) is 9.59 Å². The fraction of sp³-hybridized carbons (Fsp3) is 0.500. The number of carbonyl (C=O) groups excluding carboxylic acids is 2. The standard InChI is InChI=1S/C28H37N3O5/c1-17-8-6-9-18(2)26(17)30-25(32)16-31-21-10-7-11-22(31)15-20(14-21)29-28(33)19-12-23(34-3)27(36-5)24(13-19)35-4/h6,8-9,12-13,20-22H,7,10-11,14-16H2,1-5H3,(H,29,33)(H,30,32). The van der Waals surface area contributed by atoms with Crippen molar-refractivity contribution in [3.05, 3.63) is 47.0 Å². The molecule has 2 fully saturated rings. The first kappa shape index (κ1) is 25.8. The molecule has 2 unspecified atom stereocenters. The van der Waals surface area contributed by atoms with Crippen LogP contribution in [-0.4, -0.2) is 62.7 Å². The Balaban J connectivity index is 1.41. The number of para-hydroxylation sites is 1. The third kappa shape index (κ3) is 5.43. The van der Waals surface area contributed by atoms with Crippen LogP contribution in [0.3, 0.4) is 0 Å². The van der Waals surface area contributed by atoms with Crippen molar-refractivity contribution in [1.29, 1.82) is 0 Å². The molecule has 0 spiro atoms. The van der Waals surface area contributed by atoms with Crippen LogP contribution in [0.4, 0.5) is 5.69 Å². The highest BCUT2D eigenvalue weighted by Gasteiger charge is 2.39. The second-order valence-electron chi connectivity index (χ2n) is 9.78. The number of rotatable bonds is 8. The molecule has 194 valence electrons. The van der Waals surface area contributed by atoms with Crippen LogP contribution < -0.4 is 24.8 Å². The van der Waals surface area contributed by atoms with Crippen molar-refractivity contribution < 1.29 is 23.8 Å². The van der Waals surface area contributed by atoms with Crippen LogP contribution >= 0.6 is 0 Å². The van der Waals surface area contributed by atoms with E-state index in [1.165, 1.54) is 21.3 Å². The number of methoxy groups -OCH3 is 3. The minimum atomic E-state index is -0.168. The first-order valence-corrected chi connectivity index (χ1v) is 12.6. The number of benzene rings is 2. The van der Waals surface area contributed by atoms with Crippen molar-refractivity contribution in [3.8, 4) is 17.2 Å². The Labute approximate surface area is 213 Å². The Bertz CT molecular complexity index is 1060. The molecule has 2 aromatic carbocycles. The Hall–Kier alpha value is -3.26. The number of fused-ring (bicyclic) bond motifs is 2. The molecule has 2 bridgehead atoms. The molecular formula is C28H37N3O5. The summed E-state index contributed by atoms with van der Waals surface area (Å²) in [5.41, 5.74) is 3.50. The largest absolute Gasteiger partial charge is 0.493 e. The molecule has 0 aliphatic carbocycles. The second kappa shape index (κ2) is 11.2. The molecule has 2 aromatic rings. The van der Waals surface area contributed by atoms with E-state index in [1.54, 1.807) is 12.1 Å². The predicted octanol–water partition coefficient (Wildman–Crippen LogP) is 4.08. The Morgan fingerprint density at radius 1 is 0.944 bits per heavy atom. The molecule has 36 heavy (non-hydrogen) atoms. The highest BCUT2D eigenvalue weighted by Crippen LogP contribution is 2.39. The number of carbonyl (C=O) groups is 2. The van der Waals surface area contributed by atoms with Gasteiger partial charge in [0.05, 0.1) is 27.9 Å². The van der Waals surface area contributed by atoms with Gasteiger partial charge in [0.1, 0.15) is 0 Å². The summed E-state index contributed by atoms with van der Waals surface area (Å²) in [6.45, 7) is 4.40. The van der Waals surface area contributed by atoms with Crippen molar-refractivity contribution in [2.24, 2.45) is 0 Å². The lowest BCUT2D eigenvalue weighted by molar-refractivity contribution is -0.120. The summed E-state index contributed by atoms with van der Waals surface area (Å²) in [4.78, 5) is 28.5. The van der Waals surface area contributed by atoms with Gasteiger partial charge in [-0.3, -0.25) is 14.5 Å². The maximum absolute atomic E-state index is 13.2. The van der Waals surface area contributed by atoms with E-state index in [0.717, 1.165) is 48.9 Å². The molecule has 2 amide bonds. The van der Waals surface area contributed by atoms with E-state index in [1.807, 2.05) is 32.0 Å². The monoisotopic (exact) mass is 495 g/mol. The van der Waals surface area contributed by atoms with Crippen molar-refractivity contribution in [3.63, 3.8) is 0 Å². The molecule has 0 saturated carbocycles. The molecule has 2 N–H and O–H groups in total. The first-order chi connectivity index (χ1) is 17.3. The third-order valence-electron chi connectivity index (χ3n) is 7.46. The van der Waals surface area contributed by atoms with Gasteiger partial charge in [0, 0.05) is 29.4 Å². The average molecular weight is 496 g/mol. The maximum Gasteiger partial charge on any atom is 0.251 e. The van der Waals surface area contributed by atoms with Gasteiger partial charge in [-0.2, -0.15) is 0 Å². The zero-order valence-electron chi connectivity index (χ0n) is 21.8. The van der Waals surface area contributed by atoms with E-state index >= 15 is 0 Å². The number of amides is 2. The Kier molecular flexibility index (Phi) is 8.04. The fourth-order valence-electron chi connectivity index (χ4n) is 5.69. The number of anilines is 1. The second-order valence-corrected chi connectivity index (χ2v) is 9.78. The number of nitrogens with one attached hydrogen (secondary N) is 2. The van der Waals surface area contributed by atoms with Crippen molar-refractivity contribution in [2.75, 3.05) is 33.2 Å². The van der Waals surface area contributed by atoms with Gasteiger partial charge in [-0.25, -0.2) is 0 Å². The fourth-order valence-corrected chi connectivity index (χ4v) is 5.69. The molecule has 2 heterocycles. The van der Waals surface area contributed by atoms with Crippen LogP contribution in [-0.2, 0) is 4.79 Å². The summed E-state index contributed by atoms with van der Waals surface area (Å²) < 4.78 is 16.2. The molecule has 0 aromatic heterocycles. The van der Waals surface area contributed by atoms with Gasteiger partial charge in [-0.05, 0) is 62.8 Å². The van der Waals surface area contributed by atoms with E-state index in [0.29, 0.717) is 29.4 Å². The van der Waals surface area contributed by atoms with Gasteiger partial charge in [0.25, 0.3) is 5.91 Å². The Morgan fingerprint density at radius 3 is 2.06 bits per heavy atom. The first-order valence-electron chi connectivity index (χ1n) is 12.6. The number of aryl methyl sites for hydroxylation is 2. The average Bonchev–Trinajstić information content (AvgIpc) is 2.85. The minimum absolute atomic E-state index is 0.0178. The molecule has 2 saturated heterocycles. The molecule has 0 radical (unpaired) electrons. The van der Waals surface area contributed by atoms with Crippen LogP contribution in [0.25, 0.3) is 0 Å². The van der Waals surface area contributed by atoms with Gasteiger partial charge in [-0.1, -0.05) is 24.6 Å². The van der Waals surface area contributed by atoms with Crippen LogP contribution in [0.15, 0.2) is 30.3 Å². The van der Waals surface area contributed by atoms with Crippen molar-refractivity contribution in [1.82, 2.24) is 10.2 Å². The molecule has 2 aliphatic heterocycles. The molecular weight excluding hydrogens is 458 g/mol. The maximum atomic E-state index is 13.2. The van der Waals surface area contributed by atoms with E-state index in [4.69, 9.17) is 14.2 Å². The highest BCUT2D eigenvalue weighted by molar-refractivity contribution is 5.96. The smallest absolute Gasteiger partial charge is 0.251 e. The van der Waals surface area contributed by atoms with Gasteiger partial charge >= 0.3 is 0 Å². The molecule has 4 rings (SSSR count). The third-order valence-corrected chi connectivity index (χ3v) is 7.46. The highest BCUT2D eigenvalue weighted by atomic mass is 16.5. The summed E-state index contributed by atoms with van der Waals surface area (Å²) in [5.74, 6) is 1.20. The number of ether oxygens (including phenoxy) is 3. The van der Waals surface area contributed by atoms with E-state index in [2.05, 4.69) is 15.5 Å². The molecule has 8 heteroatoms. The van der Waals surface area contributed by atoms with E-state index in [-0.39, 0.29) is 29.9 Å². The summed E-state index contributed by atoms with van der Waals surface area (Å²) in [6, 6.07) is 9.96. The zero-order valence-corrected chi connectivity index (χ0v) is 21.8. The minimum Gasteiger partial charge on any atom is -0.493 e. The van der Waals surface area contributed by atoms with Crippen LogP contribution in [0.1, 0.15) is 53.6 Å². The zero-order chi connectivity index (χ0) is 25.8. The number of hydrogen-bond acceptors (Lipinski definition) is 6.